The Balaban J connectivity index is 2.35. The molecule has 0 bridgehead atoms. The number of hydrogen-bond donors (Lipinski definition) is 2. The Morgan fingerprint density at radius 2 is 2.25 bits per heavy atom. The van der Waals surface area contributed by atoms with Gasteiger partial charge in [0.1, 0.15) is 4.34 Å². The summed E-state index contributed by atoms with van der Waals surface area (Å²) in [5.41, 5.74) is 0. The van der Waals surface area contributed by atoms with Crippen LogP contribution < -0.4 is 0 Å². The van der Waals surface area contributed by atoms with E-state index in [1.807, 2.05) is 0 Å². The molecule has 0 radical (unpaired) electrons. The number of rotatable bonds is 6. The third-order valence-corrected chi connectivity index (χ3v) is 4.69. The number of unbranched alkanes of at least 4 members (excludes halogenated alkanes) is 1. The van der Waals surface area contributed by atoms with Gasteiger partial charge < -0.3 is 10.2 Å². The van der Waals surface area contributed by atoms with Crippen molar-refractivity contribution in [3.05, 3.63) is 19.8 Å². The molecule has 6 heteroatoms. The van der Waals surface area contributed by atoms with E-state index in [4.69, 9.17) is 16.7 Å². The molecule has 0 amide bonds. The van der Waals surface area contributed by atoms with Gasteiger partial charge in [0, 0.05) is 15.8 Å². The van der Waals surface area contributed by atoms with E-state index in [-0.39, 0.29) is 6.42 Å². The number of hydrogen-bond acceptors (Lipinski definition) is 3. The van der Waals surface area contributed by atoms with Crippen LogP contribution in [0.25, 0.3) is 0 Å². The lowest BCUT2D eigenvalue weighted by atomic mass is 10.1. The highest BCUT2D eigenvalue weighted by atomic mass is 79.9. The molecule has 0 aromatic carbocycles. The number of carbonyl (C=O) groups is 1. The topological polar surface area (TPSA) is 57.5 Å². The molecule has 0 aliphatic heterocycles. The molecule has 0 aliphatic rings. The molecule has 0 saturated heterocycles. The first kappa shape index (κ1) is 14.0. The first-order chi connectivity index (χ1) is 7.50. The van der Waals surface area contributed by atoms with Gasteiger partial charge in [0.25, 0.3) is 0 Å². The molecule has 1 atom stereocenters. The van der Waals surface area contributed by atoms with E-state index in [2.05, 4.69) is 15.9 Å². The molecular formula is C10H12BrClO3S. The van der Waals surface area contributed by atoms with E-state index in [1.165, 1.54) is 11.3 Å². The quantitative estimate of drug-likeness (QED) is 0.780. The molecule has 1 unspecified atom stereocenters. The van der Waals surface area contributed by atoms with Gasteiger partial charge in [-0.05, 0) is 41.3 Å². The van der Waals surface area contributed by atoms with Crippen LogP contribution in [0.3, 0.4) is 0 Å². The molecule has 0 aliphatic carbocycles. The van der Waals surface area contributed by atoms with Crippen LogP contribution in [0.2, 0.25) is 4.34 Å². The number of aliphatic carboxylic acids is 1. The Bertz CT molecular complexity index is 347. The van der Waals surface area contributed by atoms with Gasteiger partial charge in [-0.1, -0.05) is 11.6 Å². The molecule has 0 spiro atoms. The maximum absolute atomic E-state index is 10.3. The summed E-state index contributed by atoms with van der Waals surface area (Å²) < 4.78 is 1.42. The van der Waals surface area contributed by atoms with Crippen molar-refractivity contribution in [2.45, 2.75) is 31.8 Å². The Morgan fingerprint density at radius 1 is 1.56 bits per heavy atom. The van der Waals surface area contributed by atoms with Gasteiger partial charge in [-0.15, -0.1) is 11.3 Å². The van der Waals surface area contributed by atoms with E-state index < -0.39 is 12.1 Å². The van der Waals surface area contributed by atoms with Crippen LogP contribution in [-0.2, 0) is 4.79 Å². The van der Waals surface area contributed by atoms with Gasteiger partial charge in [0.2, 0.25) is 0 Å². The Morgan fingerprint density at radius 3 is 2.75 bits per heavy atom. The zero-order valence-corrected chi connectivity index (χ0v) is 11.6. The van der Waals surface area contributed by atoms with Crippen molar-refractivity contribution >= 4 is 44.8 Å². The van der Waals surface area contributed by atoms with E-state index in [9.17, 15) is 9.90 Å². The largest absolute Gasteiger partial charge is 0.481 e. The van der Waals surface area contributed by atoms with E-state index in [1.54, 1.807) is 6.07 Å². The highest BCUT2D eigenvalue weighted by Gasteiger charge is 2.13. The number of aliphatic hydroxyl groups excluding tert-OH is 1. The number of thiophene rings is 1. The average Bonchev–Trinajstić information content (AvgIpc) is 2.54. The van der Waals surface area contributed by atoms with E-state index in [0.717, 1.165) is 9.35 Å². The first-order valence-electron chi connectivity index (χ1n) is 4.85. The Kier molecular flexibility index (Phi) is 5.75. The summed E-state index contributed by atoms with van der Waals surface area (Å²) in [5, 5.41) is 18.3. The van der Waals surface area contributed by atoms with Crippen molar-refractivity contribution in [3.63, 3.8) is 0 Å². The van der Waals surface area contributed by atoms with Gasteiger partial charge in [0.05, 0.1) is 6.10 Å². The summed E-state index contributed by atoms with van der Waals surface area (Å²) in [7, 11) is 0. The minimum atomic E-state index is -0.795. The molecule has 2 N–H and O–H groups in total. The monoisotopic (exact) mass is 326 g/mol. The van der Waals surface area contributed by atoms with E-state index in [0.29, 0.717) is 23.6 Å². The van der Waals surface area contributed by atoms with Crippen molar-refractivity contribution in [1.82, 2.24) is 0 Å². The van der Waals surface area contributed by atoms with Crippen LogP contribution >= 0.6 is 38.9 Å². The molecule has 1 rings (SSSR count). The van der Waals surface area contributed by atoms with Gasteiger partial charge in [-0.3, -0.25) is 4.79 Å². The molecule has 1 aromatic heterocycles. The molecule has 0 saturated carbocycles. The number of carboxylic acid groups (broad SMARTS) is 1. The van der Waals surface area contributed by atoms with Crippen LogP contribution in [0.4, 0.5) is 0 Å². The predicted molar refractivity (Wildman–Crippen MR) is 68.1 cm³/mol. The standard InChI is InChI=1S/C10H12BrClO3S/c11-6-5-8(16-10(6)12)7(13)3-1-2-4-9(14)15/h5,7,13H,1-4H2,(H,14,15). The number of aliphatic hydroxyl groups is 1. The lowest BCUT2D eigenvalue weighted by molar-refractivity contribution is -0.137. The number of carboxylic acids is 1. The van der Waals surface area contributed by atoms with Crippen LogP contribution in [0.15, 0.2) is 10.5 Å². The van der Waals surface area contributed by atoms with Gasteiger partial charge in [0.15, 0.2) is 0 Å². The zero-order chi connectivity index (χ0) is 12.1. The Labute approximate surface area is 111 Å². The second-order valence-electron chi connectivity index (χ2n) is 3.43. The van der Waals surface area contributed by atoms with Crippen LogP contribution in [-0.4, -0.2) is 16.2 Å². The normalized spacial score (nSPS) is 12.7. The maximum Gasteiger partial charge on any atom is 0.303 e. The molecule has 0 fully saturated rings. The third-order valence-electron chi connectivity index (χ3n) is 2.11. The summed E-state index contributed by atoms with van der Waals surface area (Å²) in [4.78, 5) is 11.1. The molecule has 90 valence electrons. The van der Waals surface area contributed by atoms with Gasteiger partial charge in [-0.25, -0.2) is 0 Å². The summed E-state index contributed by atoms with van der Waals surface area (Å²) >= 11 is 10.5. The van der Waals surface area contributed by atoms with Crippen LogP contribution in [0.5, 0.6) is 0 Å². The lowest BCUT2D eigenvalue weighted by Gasteiger charge is -2.06. The van der Waals surface area contributed by atoms with Crippen LogP contribution in [0, 0.1) is 0 Å². The zero-order valence-electron chi connectivity index (χ0n) is 8.45. The average molecular weight is 328 g/mol. The van der Waals surface area contributed by atoms with E-state index >= 15 is 0 Å². The minimum Gasteiger partial charge on any atom is -0.481 e. The second kappa shape index (κ2) is 6.59. The maximum atomic E-state index is 10.3. The molecule has 3 nitrogen and oxygen atoms in total. The fourth-order valence-electron chi connectivity index (χ4n) is 1.28. The van der Waals surface area contributed by atoms with Gasteiger partial charge >= 0.3 is 5.97 Å². The molecule has 1 aromatic rings. The Hall–Kier alpha value is -0.100. The second-order valence-corrected chi connectivity index (χ2v) is 5.97. The number of halogens is 2. The summed E-state index contributed by atoms with van der Waals surface area (Å²) in [5.74, 6) is -0.795. The molecule has 1 heterocycles. The minimum absolute atomic E-state index is 0.154. The highest BCUT2D eigenvalue weighted by Crippen LogP contribution is 2.36. The molecular weight excluding hydrogens is 316 g/mol. The highest BCUT2D eigenvalue weighted by molar-refractivity contribution is 9.10. The van der Waals surface area contributed by atoms with Crippen LogP contribution in [0.1, 0.15) is 36.7 Å². The third kappa shape index (κ3) is 4.41. The summed E-state index contributed by atoms with van der Waals surface area (Å²) in [6, 6.07) is 1.80. The summed E-state index contributed by atoms with van der Waals surface area (Å²) in [6.07, 6.45) is 1.45. The van der Waals surface area contributed by atoms with Gasteiger partial charge in [-0.2, -0.15) is 0 Å². The fourth-order valence-corrected chi connectivity index (χ4v) is 3.04. The fraction of sp³-hybridized carbons (Fsp3) is 0.500. The lowest BCUT2D eigenvalue weighted by Crippen LogP contribution is -1.97. The summed E-state index contributed by atoms with van der Waals surface area (Å²) in [6.45, 7) is 0. The van der Waals surface area contributed by atoms with Crippen molar-refractivity contribution in [3.8, 4) is 0 Å². The van der Waals surface area contributed by atoms with Crippen molar-refractivity contribution in [2.75, 3.05) is 0 Å². The molecule has 16 heavy (non-hydrogen) atoms. The van der Waals surface area contributed by atoms with Crippen molar-refractivity contribution in [2.24, 2.45) is 0 Å². The smallest absolute Gasteiger partial charge is 0.303 e. The van der Waals surface area contributed by atoms with Crippen molar-refractivity contribution in [1.29, 1.82) is 0 Å². The first-order valence-corrected chi connectivity index (χ1v) is 6.84. The van der Waals surface area contributed by atoms with Crippen molar-refractivity contribution < 1.29 is 15.0 Å². The SMILES string of the molecule is O=C(O)CCCCC(O)c1cc(Br)c(Cl)s1. The predicted octanol–water partition coefficient (Wildman–Crippen LogP) is 3.84.